The molecule has 0 atom stereocenters. The molecule has 2 aromatic rings. The predicted octanol–water partition coefficient (Wildman–Crippen LogP) is 0.660. The molecule has 0 unspecified atom stereocenters. The van der Waals surface area contributed by atoms with Gasteiger partial charge < -0.3 is 21.5 Å². The zero-order valence-corrected chi connectivity index (χ0v) is 12.7. The number of hydrogen-bond acceptors (Lipinski definition) is 8. The first-order valence-corrected chi connectivity index (χ1v) is 6.67. The van der Waals surface area contributed by atoms with Gasteiger partial charge in [0, 0.05) is 6.92 Å². The first-order valence-electron chi connectivity index (χ1n) is 6.67. The Morgan fingerprint density at radius 3 is 2.43 bits per heavy atom. The number of nitrogens with one attached hydrogen (secondary N) is 1. The van der Waals surface area contributed by atoms with Crippen molar-refractivity contribution in [1.29, 1.82) is 0 Å². The van der Waals surface area contributed by atoms with E-state index >= 15 is 0 Å². The van der Waals surface area contributed by atoms with Gasteiger partial charge in [0.25, 0.3) is 0 Å². The highest BCUT2D eigenvalue weighted by Crippen LogP contribution is 2.21. The largest absolute Gasteiger partial charge is 0.454 e. The number of esters is 1. The molecule has 2 rings (SSSR count). The van der Waals surface area contributed by atoms with E-state index in [0.29, 0.717) is 5.69 Å². The quantitative estimate of drug-likeness (QED) is 0.697. The molecule has 0 spiro atoms. The fraction of sp³-hybridized carbons (Fsp3) is 0.214. The lowest BCUT2D eigenvalue weighted by atomic mass is 10.1. The molecule has 0 bridgehead atoms. The van der Waals surface area contributed by atoms with E-state index in [4.69, 9.17) is 16.2 Å². The number of para-hydroxylation sites is 1. The van der Waals surface area contributed by atoms with Crippen LogP contribution in [0, 0.1) is 6.92 Å². The number of nitrogens with zero attached hydrogens (tertiary/aromatic N) is 3. The molecule has 1 heterocycles. The normalized spacial score (nSPS) is 10.2. The molecule has 5 N–H and O–H groups in total. The molecule has 0 aliphatic heterocycles. The maximum atomic E-state index is 12.2. The monoisotopic (exact) mass is 316 g/mol. The molecular weight excluding hydrogens is 300 g/mol. The summed E-state index contributed by atoms with van der Waals surface area (Å²) in [6.07, 6.45) is 0. The van der Waals surface area contributed by atoms with E-state index < -0.39 is 5.97 Å². The van der Waals surface area contributed by atoms with Crippen LogP contribution in [0.3, 0.4) is 0 Å². The summed E-state index contributed by atoms with van der Waals surface area (Å²) >= 11 is 0. The van der Waals surface area contributed by atoms with Crippen LogP contribution in [-0.2, 0) is 16.1 Å². The average Bonchev–Trinajstić information content (AvgIpc) is 2.45. The van der Waals surface area contributed by atoms with E-state index in [1.165, 1.54) is 6.92 Å². The maximum Gasteiger partial charge on any atom is 0.340 e. The minimum Gasteiger partial charge on any atom is -0.454 e. The van der Waals surface area contributed by atoms with Crippen LogP contribution in [0.2, 0.25) is 0 Å². The fourth-order valence-electron chi connectivity index (χ4n) is 1.91. The summed E-state index contributed by atoms with van der Waals surface area (Å²) in [5.41, 5.74) is 12.3. The van der Waals surface area contributed by atoms with Crippen molar-refractivity contribution in [3.8, 4) is 0 Å². The first-order chi connectivity index (χ1) is 10.9. The van der Waals surface area contributed by atoms with Crippen molar-refractivity contribution in [3.05, 3.63) is 35.2 Å². The van der Waals surface area contributed by atoms with E-state index in [1.807, 2.05) is 0 Å². The smallest absolute Gasteiger partial charge is 0.340 e. The second-order valence-electron chi connectivity index (χ2n) is 4.72. The van der Waals surface area contributed by atoms with Gasteiger partial charge in [0.2, 0.25) is 17.8 Å². The van der Waals surface area contributed by atoms with Crippen molar-refractivity contribution in [2.75, 3.05) is 16.8 Å². The molecule has 0 saturated heterocycles. The van der Waals surface area contributed by atoms with Crippen LogP contribution in [0.5, 0.6) is 0 Å². The molecule has 1 amide bonds. The number of ether oxygens (including phenoxy) is 1. The molecule has 1 aromatic heterocycles. The second-order valence-corrected chi connectivity index (χ2v) is 4.72. The molecule has 0 fully saturated rings. The minimum atomic E-state index is -0.630. The average molecular weight is 316 g/mol. The van der Waals surface area contributed by atoms with E-state index in [1.54, 1.807) is 25.1 Å². The molecule has 9 heteroatoms. The highest BCUT2D eigenvalue weighted by atomic mass is 16.5. The second kappa shape index (κ2) is 6.69. The van der Waals surface area contributed by atoms with Crippen LogP contribution < -0.4 is 16.8 Å². The minimum absolute atomic E-state index is 0.0574. The number of carbonyl (C=O) groups excluding carboxylic acids is 2. The lowest BCUT2D eigenvalue weighted by molar-refractivity contribution is -0.114. The highest BCUT2D eigenvalue weighted by Gasteiger charge is 2.16. The number of hydrogen-bond donors (Lipinski definition) is 3. The van der Waals surface area contributed by atoms with Crippen molar-refractivity contribution in [3.63, 3.8) is 0 Å². The Hall–Kier alpha value is -3.23. The van der Waals surface area contributed by atoms with Gasteiger partial charge in [-0.15, -0.1) is 0 Å². The Bertz CT molecular complexity index is 742. The number of carbonyl (C=O) groups is 2. The third-order valence-electron chi connectivity index (χ3n) is 2.84. The van der Waals surface area contributed by atoms with Crippen LogP contribution >= 0.6 is 0 Å². The molecule has 120 valence electrons. The van der Waals surface area contributed by atoms with E-state index in [-0.39, 0.29) is 35.8 Å². The van der Waals surface area contributed by atoms with Crippen molar-refractivity contribution in [2.45, 2.75) is 20.5 Å². The topological polar surface area (TPSA) is 146 Å². The fourth-order valence-corrected chi connectivity index (χ4v) is 1.91. The van der Waals surface area contributed by atoms with Gasteiger partial charge in [-0.05, 0) is 18.6 Å². The van der Waals surface area contributed by atoms with Gasteiger partial charge in [-0.25, -0.2) is 4.79 Å². The SMILES string of the molecule is CC(=O)Nc1c(C)cccc1C(=O)OCc1nc(N)nc(N)n1. The Morgan fingerprint density at radius 1 is 1.17 bits per heavy atom. The van der Waals surface area contributed by atoms with E-state index in [9.17, 15) is 9.59 Å². The van der Waals surface area contributed by atoms with Crippen LogP contribution in [0.1, 0.15) is 28.7 Å². The first kappa shape index (κ1) is 16.1. The molecule has 9 nitrogen and oxygen atoms in total. The molecular formula is C14H16N6O3. The molecule has 1 aromatic carbocycles. The molecule has 0 aliphatic carbocycles. The zero-order valence-electron chi connectivity index (χ0n) is 12.7. The summed E-state index contributed by atoms with van der Waals surface area (Å²) in [4.78, 5) is 34.8. The van der Waals surface area contributed by atoms with Gasteiger partial charge in [0.15, 0.2) is 12.4 Å². The molecule has 0 saturated carbocycles. The Balaban J connectivity index is 2.17. The summed E-state index contributed by atoms with van der Waals surface area (Å²) in [6.45, 7) is 2.91. The number of aryl methyl sites for hydroxylation is 1. The van der Waals surface area contributed by atoms with Crippen LogP contribution in [0.15, 0.2) is 18.2 Å². The highest BCUT2D eigenvalue weighted by molar-refractivity contribution is 6.01. The van der Waals surface area contributed by atoms with Crippen LogP contribution in [-0.4, -0.2) is 26.8 Å². The van der Waals surface area contributed by atoms with Gasteiger partial charge in [0.05, 0.1) is 11.3 Å². The van der Waals surface area contributed by atoms with Gasteiger partial charge in [-0.3, -0.25) is 4.79 Å². The molecule has 23 heavy (non-hydrogen) atoms. The number of nitrogens with two attached hydrogens (primary N) is 2. The number of anilines is 3. The van der Waals surface area contributed by atoms with Gasteiger partial charge >= 0.3 is 5.97 Å². The van der Waals surface area contributed by atoms with Gasteiger partial charge in [0.1, 0.15) is 0 Å². The van der Waals surface area contributed by atoms with Crippen molar-refractivity contribution < 1.29 is 14.3 Å². The summed E-state index contributed by atoms with van der Waals surface area (Å²) in [5.74, 6) is -0.894. The van der Waals surface area contributed by atoms with E-state index in [2.05, 4.69) is 20.3 Å². The van der Waals surface area contributed by atoms with Crippen molar-refractivity contribution >= 4 is 29.5 Å². The Kier molecular flexibility index (Phi) is 4.69. The van der Waals surface area contributed by atoms with Gasteiger partial charge in [-0.2, -0.15) is 15.0 Å². The summed E-state index contributed by atoms with van der Waals surface area (Å²) in [5, 5.41) is 2.62. The number of rotatable bonds is 4. The summed E-state index contributed by atoms with van der Waals surface area (Å²) < 4.78 is 5.15. The standard InChI is InChI=1S/C14H16N6O3/c1-7-4-3-5-9(11(7)17-8(2)21)12(22)23-6-10-18-13(15)20-14(16)19-10/h3-5H,6H2,1-2H3,(H,17,21)(H4,15,16,18,19,20). The van der Waals surface area contributed by atoms with Crippen molar-refractivity contribution in [1.82, 2.24) is 15.0 Å². The summed E-state index contributed by atoms with van der Waals surface area (Å²) in [6, 6.07) is 5.02. The Labute approximate surface area is 132 Å². The lowest BCUT2D eigenvalue weighted by Crippen LogP contribution is -2.15. The third kappa shape index (κ3) is 4.13. The number of benzene rings is 1. The number of nitrogen functional groups attached to an aromatic ring is 2. The molecule has 0 aliphatic rings. The lowest BCUT2D eigenvalue weighted by Gasteiger charge is -2.12. The predicted molar refractivity (Wildman–Crippen MR) is 83.3 cm³/mol. The Morgan fingerprint density at radius 2 is 1.83 bits per heavy atom. The number of amides is 1. The van der Waals surface area contributed by atoms with Crippen molar-refractivity contribution in [2.24, 2.45) is 0 Å². The molecule has 0 radical (unpaired) electrons. The maximum absolute atomic E-state index is 12.2. The number of aromatic nitrogens is 3. The van der Waals surface area contributed by atoms with Crippen LogP contribution in [0.25, 0.3) is 0 Å². The third-order valence-corrected chi connectivity index (χ3v) is 2.84. The van der Waals surface area contributed by atoms with E-state index in [0.717, 1.165) is 5.56 Å². The zero-order chi connectivity index (χ0) is 17.0. The van der Waals surface area contributed by atoms with Gasteiger partial charge in [-0.1, -0.05) is 12.1 Å². The summed E-state index contributed by atoms with van der Waals surface area (Å²) in [7, 11) is 0. The van der Waals surface area contributed by atoms with Crippen LogP contribution in [0.4, 0.5) is 17.6 Å².